The molecule has 0 bridgehead atoms. The summed E-state index contributed by atoms with van der Waals surface area (Å²) in [4.78, 5) is 12.9. The van der Waals surface area contributed by atoms with Crippen LogP contribution < -0.4 is 10.6 Å². The first-order valence-electron chi connectivity index (χ1n) is 8.57. The van der Waals surface area contributed by atoms with E-state index in [0.717, 1.165) is 32.4 Å². The molecule has 0 radical (unpaired) electrons. The highest BCUT2D eigenvalue weighted by molar-refractivity contribution is 5.85. The van der Waals surface area contributed by atoms with Crippen molar-refractivity contribution in [2.24, 2.45) is 11.3 Å². The summed E-state index contributed by atoms with van der Waals surface area (Å²) >= 11 is 0. The van der Waals surface area contributed by atoms with E-state index in [2.05, 4.69) is 10.6 Å². The molecular formula is C18H23ClF2N2O. The first-order valence-corrected chi connectivity index (χ1v) is 8.57. The zero-order valence-electron chi connectivity index (χ0n) is 13.5. The molecule has 1 aromatic rings. The topological polar surface area (TPSA) is 41.1 Å². The van der Waals surface area contributed by atoms with Gasteiger partial charge in [-0.15, -0.1) is 12.4 Å². The maximum absolute atomic E-state index is 13.9. The number of carbonyl (C=O) groups excluding carboxylic acids is 1. The second-order valence-corrected chi connectivity index (χ2v) is 7.29. The first-order chi connectivity index (χ1) is 11.1. The summed E-state index contributed by atoms with van der Waals surface area (Å²) in [6.07, 6.45) is 4.91. The summed E-state index contributed by atoms with van der Waals surface area (Å²) < 4.78 is 27.7. The van der Waals surface area contributed by atoms with Crippen LogP contribution in [0.5, 0.6) is 0 Å². The van der Waals surface area contributed by atoms with Gasteiger partial charge in [-0.2, -0.15) is 0 Å². The van der Waals surface area contributed by atoms with Crippen LogP contribution in [0.4, 0.5) is 8.78 Å². The normalized spacial score (nSPS) is 34.2. The van der Waals surface area contributed by atoms with E-state index in [1.54, 1.807) is 0 Å². The van der Waals surface area contributed by atoms with Crippen molar-refractivity contribution in [3.63, 3.8) is 0 Å². The van der Waals surface area contributed by atoms with E-state index in [9.17, 15) is 13.6 Å². The molecule has 2 saturated carbocycles. The fourth-order valence-electron chi connectivity index (χ4n) is 4.54. The van der Waals surface area contributed by atoms with Crippen molar-refractivity contribution in [1.82, 2.24) is 10.6 Å². The van der Waals surface area contributed by atoms with Crippen LogP contribution in [0.25, 0.3) is 0 Å². The van der Waals surface area contributed by atoms with Gasteiger partial charge in [0, 0.05) is 24.1 Å². The Morgan fingerprint density at radius 2 is 2.00 bits per heavy atom. The molecule has 1 saturated heterocycles. The maximum atomic E-state index is 13.9. The molecule has 132 valence electrons. The predicted octanol–water partition coefficient (Wildman–Crippen LogP) is 3.14. The highest BCUT2D eigenvalue weighted by Gasteiger charge is 2.52. The van der Waals surface area contributed by atoms with Crippen LogP contribution in [0.1, 0.15) is 43.6 Å². The Balaban J connectivity index is 0.00000169. The molecule has 4 atom stereocenters. The third-order valence-electron chi connectivity index (χ3n) is 5.97. The molecule has 2 unspecified atom stereocenters. The van der Waals surface area contributed by atoms with E-state index in [4.69, 9.17) is 0 Å². The number of amides is 1. The summed E-state index contributed by atoms with van der Waals surface area (Å²) in [7, 11) is 0. The van der Waals surface area contributed by atoms with Gasteiger partial charge in [-0.3, -0.25) is 4.79 Å². The summed E-state index contributed by atoms with van der Waals surface area (Å²) in [5, 5.41) is 6.44. The van der Waals surface area contributed by atoms with Crippen molar-refractivity contribution in [3.8, 4) is 0 Å². The largest absolute Gasteiger partial charge is 0.352 e. The van der Waals surface area contributed by atoms with Gasteiger partial charge in [0.1, 0.15) is 11.6 Å². The van der Waals surface area contributed by atoms with E-state index in [-0.39, 0.29) is 41.3 Å². The lowest BCUT2D eigenvalue weighted by Crippen LogP contribution is -2.48. The fraction of sp³-hybridized carbons (Fsp3) is 0.611. The summed E-state index contributed by atoms with van der Waals surface area (Å²) in [6, 6.07) is 3.81. The number of hydrogen-bond donors (Lipinski definition) is 2. The van der Waals surface area contributed by atoms with Crippen molar-refractivity contribution in [1.29, 1.82) is 0 Å². The molecule has 3 aliphatic rings. The smallest absolute Gasteiger partial charge is 0.228 e. The summed E-state index contributed by atoms with van der Waals surface area (Å²) in [5.41, 5.74) is -0.181. The Bertz CT molecular complexity index is 621. The lowest BCUT2D eigenvalue weighted by Gasteiger charge is -2.37. The highest BCUT2D eigenvalue weighted by Crippen LogP contribution is 2.47. The van der Waals surface area contributed by atoms with Crippen molar-refractivity contribution >= 4 is 18.3 Å². The number of benzene rings is 1. The van der Waals surface area contributed by atoms with E-state index in [1.807, 2.05) is 0 Å². The lowest BCUT2D eigenvalue weighted by molar-refractivity contribution is -0.134. The Morgan fingerprint density at radius 1 is 1.25 bits per heavy atom. The third-order valence-corrected chi connectivity index (χ3v) is 5.97. The van der Waals surface area contributed by atoms with Crippen molar-refractivity contribution < 1.29 is 13.6 Å². The number of nitrogens with one attached hydrogen (secondary N) is 2. The quantitative estimate of drug-likeness (QED) is 0.873. The molecule has 1 aromatic carbocycles. The van der Waals surface area contributed by atoms with Gasteiger partial charge >= 0.3 is 0 Å². The summed E-state index contributed by atoms with van der Waals surface area (Å²) in [6.45, 7) is 1.64. The number of halogens is 3. The molecule has 3 nitrogen and oxygen atoms in total. The Hall–Kier alpha value is -1.20. The summed E-state index contributed by atoms with van der Waals surface area (Å²) in [5.74, 6) is -0.769. The molecule has 0 aromatic heterocycles. The monoisotopic (exact) mass is 356 g/mol. The highest BCUT2D eigenvalue weighted by atomic mass is 35.5. The zero-order valence-corrected chi connectivity index (χ0v) is 14.3. The van der Waals surface area contributed by atoms with Gasteiger partial charge in [-0.1, -0.05) is 18.9 Å². The average Bonchev–Trinajstić information content (AvgIpc) is 3.12. The molecule has 4 rings (SSSR count). The molecule has 0 spiro atoms. The number of carbonyl (C=O) groups is 1. The standard InChI is InChI=1S/C18H22F2N2O.ClH/c19-13-5-3-6-14(20)16(13)12-8-15(12)22-17(23)18-7-2-1-4-11(18)9-21-10-18;/h3,5-6,11-12,15,21H,1-2,4,7-10H2,(H,22,23);1H/t11-,12?,15?,18+;/m0./s1. The van der Waals surface area contributed by atoms with Gasteiger partial charge in [0.05, 0.1) is 5.41 Å². The molecule has 1 amide bonds. The van der Waals surface area contributed by atoms with Gasteiger partial charge in [-0.25, -0.2) is 8.78 Å². The van der Waals surface area contributed by atoms with E-state index < -0.39 is 11.6 Å². The minimum Gasteiger partial charge on any atom is -0.352 e. The zero-order chi connectivity index (χ0) is 16.0. The number of hydrogen-bond acceptors (Lipinski definition) is 2. The van der Waals surface area contributed by atoms with Crippen LogP contribution >= 0.6 is 12.4 Å². The van der Waals surface area contributed by atoms with Crippen molar-refractivity contribution in [2.45, 2.75) is 44.1 Å². The lowest BCUT2D eigenvalue weighted by atomic mass is 9.67. The fourth-order valence-corrected chi connectivity index (χ4v) is 4.54. The molecule has 1 aliphatic heterocycles. The molecule has 1 heterocycles. The van der Waals surface area contributed by atoms with Crippen LogP contribution in [0.3, 0.4) is 0 Å². The van der Waals surface area contributed by atoms with Gasteiger partial charge in [0.15, 0.2) is 0 Å². The van der Waals surface area contributed by atoms with Gasteiger partial charge in [0.2, 0.25) is 5.91 Å². The molecule has 6 heteroatoms. The van der Waals surface area contributed by atoms with Gasteiger partial charge in [-0.05, 0) is 43.9 Å². The van der Waals surface area contributed by atoms with E-state index in [0.29, 0.717) is 12.3 Å². The van der Waals surface area contributed by atoms with Crippen LogP contribution in [-0.4, -0.2) is 25.0 Å². The average molecular weight is 357 g/mol. The van der Waals surface area contributed by atoms with Gasteiger partial charge < -0.3 is 10.6 Å². The number of fused-ring (bicyclic) bond motifs is 1. The molecule has 24 heavy (non-hydrogen) atoms. The Labute approximate surface area is 147 Å². The van der Waals surface area contributed by atoms with Crippen LogP contribution in [-0.2, 0) is 4.79 Å². The van der Waals surface area contributed by atoms with E-state index in [1.165, 1.54) is 24.6 Å². The van der Waals surface area contributed by atoms with Crippen LogP contribution in [0.15, 0.2) is 18.2 Å². The van der Waals surface area contributed by atoms with E-state index >= 15 is 0 Å². The van der Waals surface area contributed by atoms with Crippen molar-refractivity contribution in [2.75, 3.05) is 13.1 Å². The second kappa shape index (κ2) is 6.60. The minimum atomic E-state index is -0.511. The first kappa shape index (κ1) is 17.6. The third kappa shape index (κ3) is 2.82. The van der Waals surface area contributed by atoms with Crippen LogP contribution in [0, 0.1) is 23.0 Å². The predicted molar refractivity (Wildman–Crippen MR) is 90.2 cm³/mol. The maximum Gasteiger partial charge on any atom is 0.228 e. The van der Waals surface area contributed by atoms with Crippen molar-refractivity contribution in [3.05, 3.63) is 35.4 Å². The molecule has 2 aliphatic carbocycles. The second-order valence-electron chi connectivity index (χ2n) is 7.29. The molecule has 2 N–H and O–H groups in total. The Morgan fingerprint density at radius 3 is 2.75 bits per heavy atom. The minimum absolute atomic E-state index is 0. The Kier molecular flexibility index (Phi) is 4.85. The molecular weight excluding hydrogens is 334 g/mol. The van der Waals surface area contributed by atoms with Gasteiger partial charge in [0.25, 0.3) is 0 Å². The number of rotatable bonds is 3. The molecule has 3 fully saturated rings. The SMILES string of the molecule is Cl.O=C(NC1CC1c1c(F)cccc1F)[C@@]12CCCC[C@H]1CNC2. The van der Waals surface area contributed by atoms with Crippen LogP contribution in [0.2, 0.25) is 0 Å².